The maximum atomic E-state index is 12.8. The van der Waals surface area contributed by atoms with E-state index in [0.717, 1.165) is 14.5 Å². The quantitative estimate of drug-likeness (QED) is 0.349. The molecule has 30 heavy (non-hydrogen) atoms. The van der Waals surface area contributed by atoms with E-state index < -0.39 is 17.3 Å². The molecule has 0 bridgehead atoms. The number of nitrogens with zero attached hydrogens (tertiary/aromatic N) is 3. The van der Waals surface area contributed by atoms with Crippen LogP contribution < -0.4 is 26.6 Å². The SMILES string of the molecule is CNc1ccc2c(=O)n(-c3ccc(NC(=O)NSc4cccs4)nn3)c(=O)[nH]c2c1. The number of carbonyl (C=O) groups is 1. The number of fused-ring (bicyclic) bond motifs is 1. The molecule has 12 heteroatoms. The minimum absolute atomic E-state index is 0.0414. The number of carbonyl (C=O) groups excluding carboxylic acids is 1. The Morgan fingerprint density at radius 3 is 2.73 bits per heavy atom. The van der Waals surface area contributed by atoms with Crippen molar-refractivity contribution in [2.24, 2.45) is 0 Å². The average molecular weight is 441 g/mol. The normalized spacial score (nSPS) is 10.7. The summed E-state index contributed by atoms with van der Waals surface area (Å²) in [5.74, 6) is 0.215. The van der Waals surface area contributed by atoms with E-state index in [4.69, 9.17) is 0 Å². The molecular formula is C18H15N7O3S2. The first kappa shape index (κ1) is 19.7. The molecule has 4 N–H and O–H groups in total. The zero-order valence-corrected chi connectivity index (χ0v) is 17.1. The van der Waals surface area contributed by atoms with Gasteiger partial charge < -0.3 is 10.3 Å². The first-order valence-electron chi connectivity index (χ1n) is 8.63. The van der Waals surface area contributed by atoms with Crippen molar-refractivity contribution in [3.8, 4) is 5.82 Å². The molecule has 0 saturated carbocycles. The lowest BCUT2D eigenvalue weighted by atomic mass is 10.2. The van der Waals surface area contributed by atoms with Crippen LogP contribution in [-0.2, 0) is 0 Å². The number of rotatable bonds is 5. The molecule has 0 radical (unpaired) electrons. The second-order valence-electron chi connectivity index (χ2n) is 5.95. The highest BCUT2D eigenvalue weighted by Gasteiger charge is 2.12. The minimum atomic E-state index is -0.638. The van der Waals surface area contributed by atoms with Crippen molar-refractivity contribution in [2.45, 2.75) is 4.21 Å². The van der Waals surface area contributed by atoms with Gasteiger partial charge in [0.2, 0.25) is 0 Å². The summed E-state index contributed by atoms with van der Waals surface area (Å²) >= 11 is 2.68. The number of aromatic amines is 1. The second kappa shape index (κ2) is 8.39. The molecule has 0 saturated heterocycles. The Kier molecular flexibility index (Phi) is 5.50. The number of urea groups is 1. The predicted octanol–water partition coefficient (Wildman–Crippen LogP) is 2.40. The van der Waals surface area contributed by atoms with Crippen molar-refractivity contribution in [2.75, 3.05) is 17.7 Å². The van der Waals surface area contributed by atoms with Gasteiger partial charge >= 0.3 is 11.7 Å². The zero-order valence-electron chi connectivity index (χ0n) is 15.5. The van der Waals surface area contributed by atoms with Crippen molar-refractivity contribution in [1.29, 1.82) is 0 Å². The minimum Gasteiger partial charge on any atom is -0.388 e. The highest BCUT2D eigenvalue weighted by atomic mass is 32.2. The topological polar surface area (TPSA) is 134 Å². The van der Waals surface area contributed by atoms with Crippen molar-refractivity contribution in [3.05, 3.63) is 68.7 Å². The standard InChI is InChI=1S/C18H15N7O3S2/c1-19-10-4-5-11-12(9-10)20-18(28)25(16(11)26)14-7-6-13(22-23-14)21-17(27)24-30-15-3-2-8-29-15/h2-9,19H,1H3,(H,20,28)(H2,21,22,24,27). The Hall–Kier alpha value is -3.64. The van der Waals surface area contributed by atoms with Crippen LogP contribution in [0, 0.1) is 0 Å². The Morgan fingerprint density at radius 2 is 2.03 bits per heavy atom. The summed E-state index contributed by atoms with van der Waals surface area (Å²) < 4.78 is 4.45. The highest BCUT2D eigenvalue weighted by molar-refractivity contribution is 7.99. The van der Waals surface area contributed by atoms with E-state index in [-0.39, 0.29) is 11.6 Å². The van der Waals surface area contributed by atoms with Crippen LogP contribution in [0.25, 0.3) is 16.7 Å². The molecule has 0 unspecified atom stereocenters. The summed E-state index contributed by atoms with van der Waals surface area (Å²) in [5.41, 5.74) is 0.0256. The van der Waals surface area contributed by atoms with Gasteiger partial charge in [0.15, 0.2) is 11.6 Å². The van der Waals surface area contributed by atoms with Crippen molar-refractivity contribution < 1.29 is 4.79 Å². The molecule has 152 valence electrons. The van der Waals surface area contributed by atoms with Crippen LogP contribution in [0.2, 0.25) is 0 Å². The van der Waals surface area contributed by atoms with Crippen molar-refractivity contribution in [1.82, 2.24) is 24.5 Å². The number of nitrogens with one attached hydrogen (secondary N) is 4. The van der Waals surface area contributed by atoms with Gasteiger partial charge in [-0.3, -0.25) is 14.8 Å². The third kappa shape index (κ3) is 4.04. The fourth-order valence-corrected chi connectivity index (χ4v) is 3.98. The first-order chi connectivity index (χ1) is 14.5. The Morgan fingerprint density at radius 1 is 1.17 bits per heavy atom. The number of amides is 2. The maximum Gasteiger partial charge on any atom is 0.334 e. The number of hydrogen-bond acceptors (Lipinski definition) is 8. The maximum absolute atomic E-state index is 12.8. The molecule has 3 heterocycles. The second-order valence-corrected chi connectivity index (χ2v) is 8.00. The van der Waals surface area contributed by atoms with Gasteiger partial charge in [0.1, 0.15) is 0 Å². The molecule has 0 fully saturated rings. The van der Waals surface area contributed by atoms with E-state index in [0.29, 0.717) is 10.9 Å². The van der Waals surface area contributed by atoms with Gasteiger partial charge in [0, 0.05) is 12.7 Å². The van der Waals surface area contributed by atoms with Gasteiger partial charge in [-0.2, -0.15) is 0 Å². The molecule has 10 nitrogen and oxygen atoms in total. The third-order valence-corrected chi connectivity index (χ3v) is 5.87. The number of benzene rings is 1. The number of thiophene rings is 1. The molecule has 2 amide bonds. The van der Waals surface area contributed by atoms with E-state index >= 15 is 0 Å². The van der Waals surface area contributed by atoms with Gasteiger partial charge in [-0.15, -0.1) is 21.5 Å². The molecule has 4 rings (SSSR count). The molecular weight excluding hydrogens is 426 g/mol. The van der Waals surface area contributed by atoms with Crippen LogP contribution >= 0.6 is 23.3 Å². The van der Waals surface area contributed by atoms with E-state index in [2.05, 4.69) is 30.5 Å². The van der Waals surface area contributed by atoms with Crippen molar-refractivity contribution in [3.63, 3.8) is 0 Å². The molecule has 1 aromatic carbocycles. The number of anilines is 2. The molecule has 3 aromatic heterocycles. The predicted molar refractivity (Wildman–Crippen MR) is 118 cm³/mol. The Balaban J connectivity index is 1.55. The molecule has 0 atom stereocenters. The Labute approximate surface area is 177 Å². The summed E-state index contributed by atoms with van der Waals surface area (Å²) in [6.07, 6.45) is 0. The van der Waals surface area contributed by atoms with E-state index in [1.165, 1.54) is 35.4 Å². The highest BCUT2D eigenvalue weighted by Crippen LogP contribution is 2.20. The van der Waals surface area contributed by atoms with Crippen LogP contribution in [0.3, 0.4) is 0 Å². The summed E-state index contributed by atoms with van der Waals surface area (Å²) in [7, 11) is 1.74. The summed E-state index contributed by atoms with van der Waals surface area (Å²) in [6.45, 7) is 0. The lowest BCUT2D eigenvalue weighted by Crippen LogP contribution is -2.34. The number of H-pyrrole nitrogens is 1. The number of hydrogen-bond donors (Lipinski definition) is 4. The van der Waals surface area contributed by atoms with Gasteiger partial charge in [-0.05, 0) is 53.7 Å². The smallest absolute Gasteiger partial charge is 0.334 e. The Bertz CT molecular complexity index is 1310. The molecule has 4 aromatic rings. The van der Waals surface area contributed by atoms with Crippen LogP contribution in [0.4, 0.5) is 16.3 Å². The van der Waals surface area contributed by atoms with E-state index in [1.54, 1.807) is 25.2 Å². The number of aromatic nitrogens is 4. The molecule has 0 aliphatic carbocycles. The molecule has 0 aliphatic heterocycles. The third-order valence-electron chi connectivity index (χ3n) is 4.05. The summed E-state index contributed by atoms with van der Waals surface area (Å²) in [4.78, 5) is 39.9. The fourth-order valence-electron chi connectivity index (χ4n) is 2.65. The van der Waals surface area contributed by atoms with Gasteiger partial charge in [0.25, 0.3) is 5.56 Å². The largest absolute Gasteiger partial charge is 0.388 e. The van der Waals surface area contributed by atoms with Gasteiger partial charge in [-0.25, -0.2) is 14.2 Å². The van der Waals surface area contributed by atoms with Crippen LogP contribution in [-0.4, -0.2) is 32.8 Å². The van der Waals surface area contributed by atoms with Gasteiger partial charge in [-0.1, -0.05) is 6.07 Å². The average Bonchev–Trinajstić information content (AvgIpc) is 3.27. The monoisotopic (exact) mass is 441 g/mol. The van der Waals surface area contributed by atoms with E-state index in [1.807, 2.05) is 17.5 Å². The zero-order chi connectivity index (χ0) is 21.1. The summed E-state index contributed by atoms with van der Waals surface area (Å²) in [5, 5.41) is 15.5. The first-order valence-corrected chi connectivity index (χ1v) is 10.3. The molecule has 0 spiro atoms. The van der Waals surface area contributed by atoms with Crippen LogP contribution in [0.1, 0.15) is 0 Å². The van der Waals surface area contributed by atoms with Crippen LogP contribution in [0.5, 0.6) is 0 Å². The van der Waals surface area contributed by atoms with Gasteiger partial charge in [0.05, 0.1) is 15.1 Å². The summed E-state index contributed by atoms with van der Waals surface area (Å²) in [6, 6.07) is 11.2. The molecule has 0 aliphatic rings. The fraction of sp³-hybridized carbons (Fsp3) is 0.0556. The lowest BCUT2D eigenvalue weighted by Gasteiger charge is -2.08. The van der Waals surface area contributed by atoms with Crippen LogP contribution in [0.15, 0.2) is 61.6 Å². The van der Waals surface area contributed by atoms with E-state index in [9.17, 15) is 14.4 Å². The lowest BCUT2D eigenvalue weighted by molar-refractivity contribution is 0.257. The van der Waals surface area contributed by atoms with Crippen molar-refractivity contribution >= 4 is 51.7 Å².